The number of benzene rings is 3. The summed E-state index contributed by atoms with van der Waals surface area (Å²) >= 11 is 1.27. The first-order chi connectivity index (χ1) is 17.9. The zero-order valence-electron chi connectivity index (χ0n) is 19.9. The molecule has 2 aliphatic rings. The van der Waals surface area contributed by atoms with Gasteiger partial charge in [0.1, 0.15) is 11.0 Å². The number of hydrogen-bond donors (Lipinski definition) is 1. The lowest BCUT2D eigenvalue weighted by Gasteiger charge is -2.17. The summed E-state index contributed by atoms with van der Waals surface area (Å²) in [7, 11) is 0. The zero-order valence-corrected chi connectivity index (χ0v) is 20.7. The van der Waals surface area contributed by atoms with E-state index in [9.17, 15) is 14.4 Å². The molecule has 2 amide bonds. The normalized spacial score (nSPS) is 17.2. The summed E-state index contributed by atoms with van der Waals surface area (Å²) in [5.74, 6) is 0.751. The average Bonchev–Trinajstić information content (AvgIpc) is 3.45. The van der Waals surface area contributed by atoms with Gasteiger partial charge in [-0.3, -0.25) is 19.3 Å². The Hall–Kier alpha value is -4.31. The summed E-state index contributed by atoms with van der Waals surface area (Å²) in [6.45, 7) is 1.77. The van der Waals surface area contributed by atoms with Crippen LogP contribution in [0.25, 0.3) is 0 Å². The van der Waals surface area contributed by atoms with Crippen LogP contribution in [0, 0.1) is 0 Å². The monoisotopic (exact) mass is 517 g/mol. The van der Waals surface area contributed by atoms with Gasteiger partial charge >= 0.3 is 5.97 Å². The highest BCUT2D eigenvalue weighted by Gasteiger charge is 2.39. The van der Waals surface area contributed by atoms with Gasteiger partial charge in [0.05, 0.1) is 12.2 Å². The third-order valence-electron chi connectivity index (χ3n) is 5.55. The molecule has 0 bridgehead atoms. The van der Waals surface area contributed by atoms with Crippen molar-refractivity contribution in [3.8, 4) is 17.2 Å². The van der Waals surface area contributed by atoms with E-state index in [0.29, 0.717) is 33.8 Å². The molecule has 2 heterocycles. The molecular formula is C27H23N3O6S. The number of rotatable bonds is 7. The number of para-hydroxylation sites is 1. The number of ether oxygens (including phenoxy) is 3. The van der Waals surface area contributed by atoms with Gasteiger partial charge in [0.15, 0.2) is 16.7 Å². The quantitative estimate of drug-likeness (QED) is 0.363. The Morgan fingerprint density at radius 1 is 1.05 bits per heavy atom. The topological polar surface area (TPSA) is 107 Å². The van der Waals surface area contributed by atoms with E-state index in [-0.39, 0.29) is 31.6 Å². The number of thioether (sulfide) groups is 1. The van der Waals surface area contributed by atoms with Crippen molar-refractivity contribution in [1.29, 1.82) is 0 Å². The molecule has 1 unspecified atom stereocenters. The van der Waals surface area contributed by atoms with Crippen LogP contribution in [-0.4, -0.2) is 39.9 Å². The molecule has 2 aliphatic heterocycles. The van der Waals surface area contributed by atoms with Crippen molar-refractivity contribution < 1.29 is 28.6 Å². The van der Waals surface area contributed by atoms with Crippen LogP contribution >= 0.6 is 11.8 Å². The first-order valence-electron chi connectivity index (χ1n) is 11.5. The van der Waals surface area contributed by atoms with E-state index in [4.69, 9.17) is 14.2 Å². The van der Waals surface area contributed by atoms with Gasteiger partial charge in [0.25, 0.3) is 0 Å². The molecule has 0 aromatic heterocycles. The molecule has 188 valence electrons. The maximum Gasteiger partial charge on any atom is 0.308 e. The Bertz CT molecular complexity index is 1360. The minimum absolute atomic E-state index is 0.0271. The number of nitrogens with zero attached hydrogens (tertiary/aromatic N) is 2. The number of esters is 1. The molecule has 9 nitrogen and oxygen atoms in total. The van der Waals surface area contributed by atoms with Crippen LogP contribution in [0.2, 0.25) is 0 Å². The fraction of sp³-hybridized carbons (Fsp3) is 0.185. The summed E-state index contributed by atoms with van der Waals surface area (Å²) < 4.78 is 15.9. The molecule has 1 fully saturated rings. The number of nitrogens with one attached hydrogen (secondary N) is 1. The molecule has 1 N–H and O–H groups in total. The van der Waals surface area contributed by atoms with Gasteiger partial charge in [-0.15, -0.1) is 0 Å². The standard InChI is InChI=1S/C27H23N3O6S/c1-17(31)36-21-10-8-20(9-11-21)28-25(32)14-24-26(33)30(27(37-24)29-19-5-3-2-4-6-19)15-18-7-12-22-23(13-18)35-16-34-22/h2-13,24H,14-16H2,1H3,(H,28,32). The molecule has 10 heteroatoms. The summed E-state index contributed by atoms with van der Waals surface area (Å²) in [5.41, 5.74) is 2.11. The molecule has 1 atom stereocenters. The third-order valence-corrected chi connectivity index (χ3v) is 6.72. The fourth-order valence-corrected chi connectivity index (χ4v) is 5.02. The fourth-order valence-electron chi connectivity index (χ4n) is 3.86. The van der Waals surface area contributed by atoms with Gasteiger partial charge in [0, 0.05) is 19.0 Å². The predicted molar refractivity (Wildman–Crippen MR) is 139 cm³/mol. The SMILES string of the molecule is CC(=O)Oc1ccc(NC(=O)CC2SC(=Nc3ccccc3)N(Cc3ccc4c(c3)OCO4)C2=O)cc1. The van der Waals surface area contributed by atoms with Crippen molar-refractivity contribution in [2.24, 2.45) is 4.99 Å². The lowest BCUT2D eigenvalue weighted by atomic mass is 10.1. The number of carbonyl (C=O) groups excluding carboxylic acids is 3. The summed E-state index contributed by atoms with van der Waals surface area (Å²) in [5, 5.41) is 2.69. The lowest BCUT2D eigenvalue weighted by molar-refractivity contribution is -0.132. The Morgan fingerprint density at radius 3 is 2.57 bits per heavy atom. The van der Waals surface area contributed by atoms with Gasteiger partial charge in [0.2, 0.25) is 18.6 Å². The molecule has 3 aromatic rings. The van der Waals surface area contributed by atoms with Gasteiger partial charge in [-0.25, -0.2) is 4.99 Å². The van der Waals surface area contributed by atoms with Gasteiger partial charge in [-0.2, -0.15) is 0 Å². The minimum atomic E-state index is -0.628. The van der Waals surface area contributed by atoms with Crippen LogP contribution in [-0.2, 0) is 20.9 Å². The van der Waals surface area contributed by atoms with E-state index < -0.39 is 11.2 Å². The Labute approximate surface area is 217 Å². The lowest BCUT2D eigenvalue weighted by Crippen LogP contribution is -2.33. The van der Waals surface area contributed by atoms with Gasteiger partial charge < -0.3 is 19.5 Å². The van der Waals surface area contributed by atoms with Crippen molar-refractivity contribution in [3.63, 3.8) is 0 Å². The van der Waals surface area contributed by atoms with Gasteiger partial charge in [-0.05, 0) is 54.1 Å². The highest BCUT2D eigenvalue weighted by molar-refractivity contribution is 8.15. The maximum absolute atomic E-state index is 13.4. The van der Waals surface area contributed by atoms with E-state index in [1.165, 1.54) is 18.7 Å². The van der Waals surface area contributed by atoms with Crippen LogP contribution in [0.3, 0.4) is 0 Å². The van der Waals surface area contributed by atoms with Crippen LogP contribution in [0.1, 0.15) is 18.9 Å². The number of hydrogen-bond acceptors (Lipinski definition) is 8. The second kappa shape index (κ2) is 10.8. The number of carbonyl (C=O) groups is 3. The zero-order chi connectivity index (χ0) is 25.8. The predicted octanol–water partition coefficient (Wildman–Crippen LogP) is 4.50. The smallest absolute Gasteiger partial charge is 0.308 e. The Balaban J connectivity index is 1.31. The van der Waals surface area contributed by atoms with E-state index in [0.717, 1.165) is 5.56 Å². The van der Waals surface area contributed by atoms with E-state index in [1.54, 1.807) is 29.2 Å². The molecule has 0 spiro atoms. The molecular weight excluding hydrogens is 494 g/mol. The van der Waals surface area contributed by atoms with Crippen LogP contribution in [0.4, 0.5) is 11.4 Å². The highest BCUT2D eigenvalue weighted by atomic mass is 32.2. The second-order valence-corrected chi connectivity index (χ2v) is 9.49. The van der Waals surface area contributed by atoms with Crippen LogP contribution in [0.5, 0.6) is 17.2 Å². The third kappa shape index (κ3) is 5.92. The van der Waals surface area contributed by atoms with Crippen molar-refractivity contribution in [2.45, 2.75) is 25.1 Å². The van der Waals surface area contributed by atoms with Crippen molar-refractivity contribution in [1.82, 2.24) is 4.90 Å². The number of anilines is 1. The van der Waals surface area contributed by atoms with Crippen molar-refractivity contribution in [2.75, 3.05) is 12.1 Å². The molecule has 1 saturated heterocycles. The number of aliphatic imine (C=N–C) groups is 1. The van der Waals surface area contributed by atoms with Crippen molar-refractivity contribution in [3.05, 3.63) is 78.4 Å². The van der Waals surface area contributed by atoms with Crippen molar-refractivity contribution >= 4 is 46.1 Å². The maximum atomic E-state index is 13.4. The van der Waals surface area contributed by atoms with Crippen LogP contribution in [0.15, 0.2) is 77.8 Å². The Morgan fingerprint density at radius 2 is 1.81 bits per heavy atom. The minimum Gasteiger partial charge on any atom is -0.454 e. The summed E-state index contributed by atoms with van der Waals surface area (Å²) in [4.78, 5) is 43.6. The average molecular weight is 518 g/mol. The molecule has 0 radical (unpaired) electrons. The van der Waals surface area contributed by atoms with Gasteiger partial charge in [-0.1, -0.05) is 36.0 Å². The molecule has 0 saturated carbocycles. The summed E-state index contributed by atoms with van der Waals surface area (Å²) in [6, 6.07) is 21.3. The highest BCUT2D eigenvalue weighted by Crippen LogP contribution is 2.36. The first kappa shape index (κ1) is 24.4. The van der Waals surface area contributed by atoms with E-state index in [1.807, 2.05) is 48.5 Å². The van der Waals surface area contributed by atoms with E-state index in [2.05, 4.69) is 10.3 Å². The molecule has 37 heavy (non-hydrogen) atoms. The number of fused-ring (bicyclic) bond motifs is 1. The second-order valence-electron chi connectivity index (χ2n) is 8.32. The largest absolute Gasteiger partial charge is 0.454 e. The molecule has 3 aromatic carbocycles. The Kier molecular flexibility index (Phi) is 7.09. The first-order valence-corrected chi connectivity index (χ1v) is 12.4. The van der Waals surface area contributed by atoms with Crippen LogP contribution < -0.4 is 19.5 Å². The van der Waals surface area contributed by atoms with E-state index >= 15 is 0 Å². The molecule has 5 rings (SSSR count). The number of amides is 2. The number of amidine groups is 1. The molecule has 0 aliphatic carbocycles. The summed E-state index contributed by atoms with van der Waals surface area (Å²) in [6.07, 6.45) is -0.0271.